The Bertz CT molecular complexity index is 1510. The average molecular weight is 565 g/mol. The van der Waals surface area contributed by atoms with E-state index in [0.717, 1.165) is 5.56 Å². The monoisotopic (exact) mass is 564 g/mol. The highest BCUT2D eigenvalue weighted by molar-refractivity contribution is 7.89. The molecule has 39 heavy (non-hydrogen) atoms. The van der Waals surface area contributed by atoms with E-state index in [9.17, 15) is 13.2 Å². The quantitative estimate of drug-likeness (QED) is 0.228. The molecule has 0 heterocycles. The highest BCUT2D eigenvalue weighted by Gasteiger charge is 2.23. The van der Waals surface area contributed by atoms with Gasteiger partial charge in [-0.05, 0) is 79.2 Å². The lowest BCUT2D eigenvalue weighted by Gasteiger charge is -2.20. The Balaban J connectivity index is 1.46. The molecule has 0 saturated heterocycles. The summed E-state index contributed by atoms with van der Waals surface area (Å²) >= 11 is 5.91. The molecular weight excluding hydrogens is 536 g/mol. The van der Waals surface area contributed by atoms with Crippen LogP contribution in [0.5, 0.6) is 11.5 Å². The van der Waals surface area contributed by atoms with E-state index in [1.54, 1.807) is 42.5 Å². The fraction of sp³-hybridized carbons (Fsp3) is 0.167. The van der Waals surface area contributed by atoms with Gasteiger partial charge in [0, 0.05) is 35.4 Å². The molecule has 202 valence electrons. The number of halogens is 1. The number of benzene rings is 4. The Kier molecular flexibility index (Phi) is 9.24. The van der Waals surface area contributed by atoms with Gasteiger partial charge in [-0.15, -0.1) is 0 Å². The molecule has 0 atom stereocenters. The first kappa shape index (κ1) is 28.2. The number of hydrogen-bond donors (Lipinski definition) is 1. The minimum atomic E-state index is -3.79. The molecule has 0 saturated carbocycles. The first-order valence-corrected chi connectivity index (χ1v) is 14.1. The first-order chi connectivity index (χ1) is 18.8. The second-order valence-electron chi connectivity index (χ2n) is 8.72. The van der Waals surface area contributed by atoms with E-state index in [4.69, 9.17) is 21.1 Å². The maximum absolute atomic E-state index is 13.1. The summed E-state index contributed by atoms with van der Waals surface area (Å²) in [6.45, 7) is 2.69. The Hall–Kier alpha value is -3.85. The van der Waals surface area contributed by atoms with Crippen LogP contribution in [-0.2, 0) is 23.2 Å². The van der Waals surface area contributed by atoms with E-state index in [0.29, 0.717) is 46.5 Å². The van der Waals surface area contributed by atoms with E-state index in [1.807, 2.05) is 37.3 Å². The summed E-state index contributed by atoms with van der Waals surface area (Å²) < 4.78 is 38.9. The Morgan fingerprint density at radius 1 is 0.897 bits per heavy atom. The van der Waals surface area contributed by atoms with Gasteiger partial charge in [-0.3, -0.25) is 4.79 Å². The van der Waals surface area contributed by atoms with Crippen LogP contribution >= 0.6 is 11.6 Å². The Morgan fingerprint density at radius 2 is 1.59 bits per heavy atom. The second-order valence-corrected chi connectivity index (χ2v) is 11.2. The van der Waals surface area contributed by atoms with Gasteiger partial charge in [0.15, 0.2) is 0 Å². The standard InChI is InChI=1S/C30H29ClN2O5S/c1-3-37-29-18-9-23(19-24(29)20-33(2)39(35,36)28-16-10-25(31)11-17-28)30(34)32-26-12-14-27(15-13-26)38-21-22-7-5-4-6-8-22/h4-19H,3,20-21H2,1-2H3,(H,32,34). The van der Waals surface area contributed by atoms with Crippen molar-refractivity contribution in [2.75, 3.05) is 19.0 Å². The third-order valence-electron chi connectivity index (χ3n) is 5.90. The molecule has 0 aliphatic carbocycles. The highest BCUT2D eigenvalue weighted by Crippen LogP contribution is 2.26. The fourth-order valence-corrected chi connectivity index (χ4v) is 5.11. The molecule has 0 aromatic heterocycles. The van der Waals surface area contributed by atoms with E-state index >= 15 is 0 Å². The summed E-state index contributed by atoms with van der Waals surface area (Å²) in [6.07, 6.45) is 0. The third-order valence-corrected chi connectivity index (χ3v) is 7.97. The van der Waals surface area contributed by atoms with Crippen molar-refractivity contribution in [2.24, 2.45) is 0 Å². The minimum Gasteiger partial charge on any atom is -0.494 e. The number of nitrogens with one attached hydrogen (secondary N) is 1. The summed E-state index contributed by atoms with van der Waals surface area (Å²) in [7, 11) is -2.31. The largest absolute Gasteiger partial charge is 0.494 e. The van der Waals surface area contributed by atoms with Crippen LogP contribution in [0.15, 0.2) is 102 Å². The molecular formula is C30H29ClN2O5S. The number of carbonyl (C=O) groups excluding carboxylic acids is 1. The topological polar surface area (TPSA) is 84.9 Å². The van der Waals surface area contributed by atoms with Crippen LogP contribution in [-0.4, -0.2) is 32.3 Å². The maximum atomic E-state index is 13.1. The van der Waals surface area contributed by atoms with Crippen LogP contribution in [0.1, 0.15) is 28.4 Å². The number of amides is 1. The molecule has 0 bridgehead atoms. The molecule has 4 rings (SSSR count). The van der Waals surface area contributed by atoms with E-state index in [-0.39, 0.29) is 17.3 Å². The van der Waals surface area contributed by atoms with E-state index in [2.05, 4.69) is 5.32 Å². The Morgan fingerprint density at radius 3 is 2.26 bits per heavy atom. The van der Waals surface area contributed by atoms with Crippen LogP contribution in [0.4, 0.5) is 5.69 Å². The van der Waals surface area contributed by atoms with Gasteiger partial charge >= 0.3 is 0 Å². The van der Waals surface area contributed by atoms with Gasteiger partial charge in [-0.25, -0.2) is 8.42 Å². The van der Waals surface area contributed by atoms with Crippen LogP contribution in [0.3, 0.4) is 0 Å². The van der Waals surface area contributed by atoms with Crippen molar-refractivity contribution in [3.8, 4) is 11.5 Å². The van der Waals surface area contributed by atoms with Crippen molar-refractivity contribution < 1.29 is 22.7 Å². The second kappa shape index (κ2) is 12.8. The zero-order chi connectivity index (χ0) is 27.8. The minimum absolute atomic E-state index is 0.00879. The summed E-state index contributed by atoms with van der Waals surface area (Å²) in [5.74, 6) is 0.859. The van der Waals surface area contributed by atoms with Crippen molar-refractivity contribution >= 4 is 33.2 Å². The molecule has 4 aromatic carbocycles. The lowest BCUT2D eigenvalue weighted by molar-refractivity contribution is 0.102. The van der Waals surface area contributed by atoms with Crippen molar-refractivity contribution in [3.05, 3.63) is 119 Å². The van der Waals surface area contributed by atoms with Crippen LogP contribution in [0.2, 0.25) is 5.02 Å². The van der Waals surface area contributed by atoms with Gasteiger partial charge in [0.2, 0.25) is 10.0 Å². The van der Waals surface area contributed by atoms with E-state index < -0.39 is 10.0 Å². The van der Waals surface area contributed by atoms with Gasteiger partial charge in [-0.2, -0.15) is 4.31 Å². The summed E-state index contributed by atoms with van der Waals surface area (Å²) in [5.41, 5.74) is 2.60. The molecule has 4 aromatic rings. The molecule has 0 radical (unpaired) electrons. The van der Waals surface area contributed by atoms with Crippen LogP contribution in [0.25, 0.3) is 0 Å². The number of hydrogen-bond acceptors (Lipinski definition) is 5. The summed E-state index contributed by atoms with van der Waals surface area (Å²) in [5, 5.41) is 3.32. The van der Waals surface area contributed by atoms with E-state index in [1.165, 1.54) is 35.6 Å². The molecule has 0 aliphatic rings. The predicted molar refractivity (Wildman–Crippen MR) is 153 cm³/mol. The van der Waals surface area contributed by atoms with Gasteiger partial charge in [0.1, 0.15) is 18.1 Å². The third kappa shape index (κ3) is 7.38. The van der Waals surface area contributed by atoms with Gasteiger partial charge in [0.25, 0.3) is 5.91 Å². The van der Waals surface area contributed by atoms with Gasteiger partial charge in [0.05, 0.1) is 11.5 Å². The predicted octanol–water partition coefficient (Wildman–Crippen LogP) is 6.39. The van der Waals surface area contributed by atoms with Crippen LogP contribution < -0.4 is 14.8 Å². The molecule has 7 nitrogen and oxygen atoms in total. The summed E-state index contributed by atoms with van der Waals surface area (Å²) in [4.78, 5) is 13.2. The molecule has 9 heteroatoms. The molecule has 0 unspecified atom stereocenters. The molecule has 0 aliphatic heterocycles. The number of rotatable bonds is 11. The lowest BCUT2D eigenvalue weighted by Crippen LogP contribution is -2.27. The normalized spacial score (nSPS) is 11.3. The van der Waals surface area contributed by atoms with Gasteiger partial charge in [-0.1, -0.05) is 41.9 Å². The zero-order valence-electron chi connectivity index (χ0n) is 21.6. The first-order valence-electron chi connectivity index (χ1n) is 12.3. The fourth-order valence-electron chi connectivity index (χ4n) is 3.83. The number of ether oxygens (including phenoxy) is 2. The number of nitrogens with zero attached hydrogens (tertiary/aromatic N) is 1. The van der Waals surface area contributed by atoms with Crippen molar-refractivity contribution in [2.45, 2.75) is 25.0 Å². The summed E-state index contributed by atoms with van der Waals surface area (Å²) in [6, 6.07) is 27.9. The Labute approximate surface area is 234 Å². The lowest BCUT2D eigenvalue weighted by atomic mass is 10.1. The SMILES string of the molecule is CCOc1ccc(C(=O)Nc2ccc(OCc3ccccc3)cc2)cc1CN(C)S(=O)(=O)c1ccc(Cl)cc1. The molecule has 0 fully saturated rings. The molecule has 0 spiro atoms. The van der Waals surface area contributed by atoms with Gasteiger partial charge < -0.3 is 14.8 Å². The van der Waals surface area contributed by atoms with Crippen LogP contribution in [0, 0.1) is 0 Å². The number of sulfonamides is 1. The molecule has 1 N–H and O–H groups in total. The number of carbonyl (C=O) groups is 1. The van der Waals surface area contributed by atoms with Crippen molar-refractivity contribution in [3.63, 3.8) is 0 Å². The highest BCUT2D eigenvalue weighted by atomic mass is 35.5. The maximum Gasteiger partial charge on any atom is 0.255 e. The van der Waals surface area contributed by atoms with Crippen molar-refractivity contribution in [1.29, 1.82) is 0 Å². The molecule has 1 amide bonds. The van der Waals surface area contributed by atoms with Crippen molar-refractivity contribution in [1.82, 2.24) is 4.31 Å². The smallest absolute Gasteiger partial charge is 0.255 e. The number of anilines is 1. The zero-order valence-corrected chi connectivity index (χ0v) is 23.2. The average Bonchev–Trinajstić information content (AvgIpc) is 2.94.